The normalized spacial score (nSPS) is 16.6. The number of carboxylic acids is 1. The van der Waals surface area contributed by atoms with Gasteiger partial charge in [0.05, 0.1) is 17.4 Å². The number of aromatic amines is 1. The lowest BCUT2D eigenvalue weighted by Crippen LogP contribution is -2.43. The van der Waals surface area contributed by atoms with E-state index in [1.54, 1.807) is 24.3 Å². The molecule has 25 heavy (non-hydrogen) atoms. The third-order valence-electron chi connectivity index (χ3n) is 4.27. The van der Waals surface area contributed by atoms with Crippen molar-refractivity contribution in [2.24, 2.45) is 0 Å². The lowest BCUT2D eigenvalue weighted by atomic mass is 10.0. The van der Waals surface area contributed by atoms with Crippen molar-refractivity contribution < 1.29 is 19.1 Å². The number of rotatable bonds is 2. The van der Waals surface area contributed by atoms with E-state index in [1.165, 1.54) is 11.2 Å². The van der Waals surface area contributed by atoms with Crippen molar-refractivity contribution in [2.45, 2.75) is 12.5 Å². The van der Waals surface area contributed by atoms with Gasteiger partial charge in [0.2, 0.25) is 0 Å². The van der Waals surface area contributed by atoms with Crippen molar-refractivity contribution in [1.29, 1.82) is 0 Å². The molecule has 0 saturated heterocycles. The van der Waals surface area contributed by atoms with Crippen LogP contribution in [0, 0.1) is 0 Å². The third-order valence-corrected chi connectivity index (χ3v) is 4.27. The molecule has 1 amide bonds. The molecule has 126 valence electrons. The van der Waals surface area contributed by atoms with Crippen LogP contribution in [-0.2, 0) is 11.2 Å². The van der Waals surface area contributed by atoms with Crippen LogP contribution in [-0.4, -0.2) is 38.4 Å². The smallest absolute Gasteiger partial charge is 0.332 e. The van der Waals surface area contributed by atoms with E-state index >= 15 is 0 Å². The molecule has 0 saturated carbocycles. The summed E-state index contributed by atoms with van der Waals surface area (Å²) in [6.45, 7) is 0.182. The Bertz CT molecular complexity index is 1050. The van der Waals surface area contributed by atoms with E-state index in [0.29, 0.717) is 23.2 Å². The maximum absolute atomic E-state index is 12.8. The number of hydrogen-bond acceptors (Lipinski definition) is 5. The minimum atomic E-state index is -1.22. The van der Waals surface area contributed by atoms with Gasteiger partial charge in [0.1, 0.15) is 5.58 Å². The van der Waals surface area contributed by atoms with Gasteiger partial charge in [0.25, 0.3) is 5.91 Å². The summed E-state index contributed by atoms with van der Waals surface area (Å²) in [5.41, 5.74) is 0.920. The van der Waals surface area contributed by atoms with Crippen LogP contribution in [0.3, 0.4) is 0 Å². The fourth-order valence-corrected chi connectivity index (χ4v) is 3.10. The lowest BCUT2D eigenvalue weighted by molar-refractivity contribution is -0.143. The molecule has 3 heterocycles. The van der Waals surface area contributed by atoms with E-state index in [9.17, 15) is 19.5 Å². The van der Waals surface area contributed by atoms with Crippen molar-refractivity contribution >= 4 is 22.8 Å². The molecule has 1 atom stereocenters. The number of para-hydroxylation sites is 1. The average molecular weight is 339 g/mol. The van der Waals surface area contributed by atoms with Crippen LogP contribution in [0.2, 0.25) is 0 Å². The molecule has 2 N–H and O–H groups in total. The molecule has 1 aliphatic rings. The zero-order valence-corrected chi connectivity index (χ0v) is 12.9. The maximum atomic E-state index is 12.8. The van der Waals surface area contributed by atoms with Crippen molar-refractivity contribution in [1.82, 2.24) is 14.9 Å². The van der Waals surface area contributed by atoms with Crippen LogP contribution in [0.5, 0.6) is 0 Å². The topological polar surface area (TPSA) is 116 Å². The summed E-state index contributed by atoms with van der Waals surface area (Å²) in [6.07, 6.45) is 1.85. The Hall–Kier alpha value is -3.42. The number of fused-ring (bicyclic) bond motifs is 2. The Morgan fingerprint density at radius 3 is 2.92 bits per heavy atom. The van der Waals surface area contributed by atoms with E-state index < -0.39 is 17.9 Å². The highest BCUT2D eigenvalue weighted by Gasteiger charge is 2.39. The van der Waals surface area contributed by atoms with Gasteiger partial charge in [-0.25, -0.2) is 9.78 Å². The number of nitrogens with one attached hydrogen (secondary N) is 1. The standard InChI is InChI=1S/C17H13N3O5/c21-11-7-13(25-12-4-2-1-3-9(11)12)16(22)20-6-5-10-14(19-8-18-10)15(20)17(23)24/h1-4,7-8,15H,5-6H2,(H,18,19)(H,23,24)/t15-/m1/s1. The first-order chi connectivity index (χ1) is 12.1. The highest BCUT2D eigenvalue weighted by molar-refractivity contribution is 5.96. The third kappa shape index (κ3) is 2.38. The van der Waals surface area contributed by atoms with Crippen molar-refractivity contribution in [3.63, 3.8) is 0 Å². The number of carbonyl (C=O) groups is 2. The van der Waals surface area contributed by atoms with Gasteiger partial charge in [-0.3, -0.25) is 9.59 Å². The van der Waals surface area contributed by atoms with E-state index in [4.69, 9.17) is 4.42 Å². The largest absolute Gasteiger partial charge is 0.479 e. The minimum Gasteiger partial charge on any atom is -0.479 e. The molecule has 0 spiro atoms. The molecule has 0 fully saturated rings. The molecule has 0 bridgehead atoms. The first-order valence-electron chi connectivity index (χ1n) is 7.65. The first-order valence-corrected chi connectivity index (χ1v) is 7.65. The summed E-state index contributed by atoms with van der Waals surface area (Å²) < 4.78 is 5.54. The molecule has 0 aliphatic carbocycles. The van der Waals surface area contributed by atoms with Crippen LogP contribution in [0.4, 0.5) is 0 Å². The Morgan fingerprint density at radius 1 is 1.32 bits per heavy atom. The second-order valence-electron chi connectivity index (χ2n) is 5.73. The van der Waals surface area contributed by atoms with Crippen LogP contribution < -0.4 is 5.43 Å². The van der Waals surface area contributed by atoms with Gasteiger partial charge in [-0.1, -0.05) is 12.1 Å². The Labute approximate surface area is 140 Å². The van der Waals surface area contributed by atoms with Gasteiger partial charge in [-0.15, -0.1) is 0 Å². The molecule has 2 aromatic heterocycles. The number of aliphatic carboxylic acids is 1. The number of aromatic nitrogens is 2. The zero-order valence-electron chi connectivity index (χ0n) is 12.9. The Balaban J connectivity index is 1.78. The number of amides is 1. The quantitative estimate of drug-likeness (QED) is 0.728. The second kappa shape index (κ2) is 5.59. The minimum absolute atomic E-state index is 0.182. The fourth-order valence-electron chi connectivity index (χ4n) is 3.10. The number of carboxylic acid groups (broad SMARTS) is 1. The molecule has 1 aromatic carbocycles. The van der Waals surface area contributed by atoms with Crippen LogP contribution in [0.25, 0.3) is 11.0 Å². The highest BCUT2D eigenvalue weighted by atomic mass is 16.4. The van der Waals surface area contributed by atoms with Crippen molar-refractivity contribution in [3.05, 3.63) is 64.0 Å². The number of imidazole rings is 1. The number of benzene rings is 1. The molecule has 0 unspecified atom stereocenters. The van der Waals surface area contributed by atoms with E-state index in [0.717, 1.165) is 6.07 Å². The number of hydrogen-bond donors (Lipinski definition) is 2. The zero-order chi connectivity index (χ0) is 17.6. The van der Waals surface area contributed by atoms with Crippen LogP contribution in [0.1, 0.15) is 28.0 Å². The summed E-state index contributed by atoms with van der Waals surface area (Å²) in [4.78, 5) is 44.8. The molecule has 8 heteroatoms. The van der Waals surface area contributed by atoms with Crippen LogP contribution in [0.15, 0.2) is 45.9 Å². The summed E-state index contributed by atoms with van der Waals surface area (Å²) in [5.74, 6) is -2.03. The molecule has 3 aromatic rings. The van der Waals surface area contributed by atoms with Gasteiger partial charge in [0.15, 0.2) is 17.2 Å². The predicted octanol–water partition coefficient (Wildman–Crippen LogP) is 1.34. The fraction of sp³-hybridized carbons (Fsp3) is 0.176. The molecular formula is C17H13N3O5. The summed E-state index contributed by atoms with van der Waals surface area (Å²) in [6, 6.07) is 6.46. The molecule has 8 nitrogen and oxygen atoms in total. The summed E-state index contributed by atoms with van der Waals surface area (Å²) >= 11 is 0. The summed E-state index contributed by atoms with van der Waals surface area (Å²) in [7, 11) is 0. The summed E-state index contributed by atoms with van der Waals surface area (Å²) in [5, 5.41) is 9.92. The van der Waals surface area contributed by atoms with E-state index in [1.807, 2.05) is 0 Å². The lowest BCUT2D eigenvalue weighted by Gasteiger charge is -2.31. The molecule has 1 aliphatic heterocycles. The Kier molecular flexibility index (Phi) is 3.38. The van der Waals surface area contributed by atoms with Gasteiger partial charge >= 0.3 is 5.97 Å². The van der Waals surface area contributed by atoms with Gasteiger partial charge in [-0.2, -0.15) is 0 Å². The van der Waals surface area contributed by atoms with Crippen molar-refractivity contribution in [2.75, 3.05) is 6.54 Å². The van der Waals surface area contributed by atoms with Gasteiger partial charge in [0, 0.05) is 24.7 Å². The number of carbonyl (C=O) groups excluding carboxylic acids is 1. The van der Waals surface area contributed by atoms with Gasteiger partial charge in [-0.05, 0) is 12.1 Å². The van der Waals surface area contributed by atoms with E-state index in [2.05, 4.69) is 9.97 Å². The maximum Gasteiger partial charge on any atom is 0.332 e. The second-order valence-corrected chi connectivity index (χ2v) is 5.73. The van der Waals surface area contributed by atoms with E-state index in [-0.39, 0.29) is 23.3 Å². The first kappa shape index (κ1) is 15.1. The van der Waals surface area contributed by atoms with Crippen LogP contribution >= 0.6 is 0 Å². The molecule has 4 rings (SSSR count). The van der Waals surface area contributed by atoms with Crippen molar-refractivity contribution in [3.8, 4) is 0 Å². The molecular weight excluding hydrogens is 326 g/mol. The SMILES string of the molecule is O=C(O)[C@H]1c2nc[nH]c2CCN1C(=O)c1cc(=O)c2ccccc2o1. The number of nitrogens with zero attached hydrogens (tertiary/aromatic N) is 2. The molecule has 0 radical (unpaired) electrons. The highest BCUT2D eigenvalue weighted by Crippen LogP contribution is 2.29. The van der Waals surface area contributed by atoms with Gasteiger partial charge < -0.3 is 19.4 Å². The Morgan fingerprint density at radius 2 is 2.12 bits per heavy atom. The predicted molar refractivity (Wildman–Crippen MR) is 86.2 cm³/mol. The average Bonchev–Trinajstić information content (AvgIpc) is 3.08. The number of H-pyrrole nitrogens is 1. The monoisotopic (exact) mass is 339 g/mol.